The van der Waals surface area contributed by atoms with E-state index >= 15 is 0 Å². The predicted molar refractivity (Wildman–Crippen MR) is 102 cm³/mol. The summed E-state index contributed by atoms with van der Waals surface area (Å²) in [7, 11) is -5.08. The second-order valence-corrected chi connectivity index (χ2v) is 8.92. The summed E-state index contributed by atoms with van der Waals surface area (Å²) >= 11 is 0. The van der Waals surface area contributed by atoms with E-state index in [0.717, 1.165) is 24.3 Å². The van der Waals surface area contributed by atoms with Crippen LogP contribution in [0.5, 0.6) is 0 Å². The monoisotopic (exact) mass is 455 g/mol. The Morgan fingerprint density at radius 1 is 1.26 bits per heavy atom. The van der Waals surface area contributed by atoms with E-state index in [1.165, 1.54) is 17.7 Å². The van der Waals surface area contributed by atoms with Crippen LogP contribution in [0.25, 0.3) is 0 Å². The van der Waals surface area contributed by atoms with E-state index in [1.807, 2.05) is 0 Å². The van der Waals surface area contributed by atoms with Gasteiger partial charge in [-0.1, -0.05) is 0 Å². The topological polar surface area (TPSA) is 183 Å². The molecule has 0 radical (unpaired) electrons. The molecule has 2 aromatic rings. The maximum atomic E-state index is 12.4. The molecule has 1 aromatic heterocycles. The molecule has 0 amide bonds. The third-order valence-corrected chi connectivity index (χ3v) is 6.48. The van der Waals surface area contributed by atoms with Crippen molar-refractivity contribution in [2.24, 2.45) is 0 Å². The Kier molecular flexibility index (Phi) is 5.20. The number of ether oxygens (including phenoxy) is 3. The van der Waals surface area contributed by atoms with Crippen LogP contribution in [0.2, 0.25) is 0 Å². The number of rotatable bonds is 4. The fourth-order valence-electron chi connectivity index (χ4n) is 3.65. The van der Waals surface area contributed by atoms with Gasteiger partial charge in [0.05, 0.1) is 17.6 Å². The average molecular weight is 455 g/mol. The summed E-state index contributed by atoms with van der Waals surface area (Å²) in [5.74, 6) is 0. The molecule has 0 saturated carbocycles. The van der Waals surface area contributed by atoms with Crippen molar-refractivity contribution in [3.63, 3.8) is 0 Å². The first-order valence-corrected chi connectivity index (χ1v) is 10.7. The van der Waals surface area contributed by atoms with Crippen molar-refractivity contribution >= 4 is 13.3 Å². The first kappa shape index (κ1) is 21.6. The molecule has 1 aromatic carbocycles. The third kappa shape index (κ3) is 3.65. The van der Waals surface area contributed by atoms with Crippen molar-refractivity contribution in [2.45, 2.75) is 37.3 Å². The van der Waals surface area contributed by atoms with Crippen LogP contribution < -0.4 is 11.2 Å². The fourth-order valence-corrected chi connectivity index (χ4v) is 4.65. The van der Waals surface area contributed by atoms with Crippen LogP contribution >= 0.6 is 7.60 Å². The number of nitrogens with one attached hydrogen (secondary N) is 1. The van der Waals surface area contributed by atoms with Crippen LogP contribution in [0.3, 0.4) is 0 Å². The summed E-state index contributed by atoms with van der Waals surface area (Å²) < 4.78 is 30.5. The van der Waals surface area contributed by atoms with Gasteiger partial charge < -0.3 is 24.0 Å². The summed E-state index contributed by atoms with van der Waals surface area (Å²) in [6, 6.07) is 4.48. The lowest BCUT2D eigenvalue weighted by Gasteiger charge is -2.41. The van der Waals surface area contributed by atoms with Gasteiger partial charge in [0.2, 0.25) is 0 Å². The SMILES string of the molecule is Cc1cn([C@H]2C[C@H]3O[C@](c4ccc([N+](=O)[O-])cc4)(P(=O)(O)O)OC[C@H]3O2)c(=O)[nH]c1=O. The number of nitrogens with zero attached hydrogens (tertiary/aromatic N) is 2. The molecule has 0 spiro atoms. The molecule has 13 nitrogen and oxygen atoms in total. The maximum Gasteiger partial charge on any atom is 0.389 e. The third-order valence-electron chi connectivity index (χ3n) is 5.22. The molecule has 4 atom stereocenters. The normalized spacial score (nSPS) is 28.3. The molecular weight excluding hydrogens is 437 g/mol. The molecule has 31 heavy (non-hydrogen) atoms. The summed E-state index contributed by atoms with van der Waals surface area (Å²) in [5, 5.41) is 10.9. The van der Waals surface area contributed by atoms with Gasteiger partial charge in [-0.3, -0.25) is 29.0 Å². The molecule has 3 heterocycles. The molecule has 0 bridgehead atoms. The number of aryl methyl sites for hydroxylation is 1. The number of non-ortho nitro benzene ring substituents is 1. The summed E-state index contributed by atoms with van der Waals surface area (Å²) in [6.45, 7) is 1.25. The van der Waals surface area contributed by atoms with Crippen LogP contribution in [0.15, 0.2) is 40.1 Å². The standard InChI is InChI=1S/C17H18N3O10P/c1-9-7-19(16(22)18-15(9)21)14-6-12-13(29-14)8-28-17(30-12,31(25,26)27)10-2-4-11(5-3-10)20(23)24/h2-5,7,12-14H,6,8H2,1H3,(H,18,21,22)(H2,25,26,27)/t12-,13-,14-,17-/m1/s1. The molecule has 0 unspecified atom stereocenters. The van der Waals surface area contributed by atoms with Gasteiger partial charge in [0.25, 0.3) is 11.2 Å². The number of H-pyrrole nitrogens is 1. The van der Waals surface area contributed by atoms with E-state index in [0.29, 0.717) is 0 Å². The molecule has 14 heteroatoms. The van der Waals surface area contributed by atoms with E-state index in [4.69, 9.17) is 14.2 Å². The highest BCUT2D eigenvalue weighted by molar-refractivity contribution is 7.52. The molecule has 3 N–H and O–H groups in total. The summed E-state index contributed by atoms with van der Waals surface area (Å²) in [5.41, 5.74) is -3.79. The number of benzene rings is 1. The lowest BCUT2D eigenvalue weighted by Crippen LogP contribution is -2.48. The van der Waals surface area contributed by atoms with Crippen LogP contribution in [0.1, 0.15) is 23.8 Å². The first-order chi connectivity index (χ1) is 14.5. The fraction of sp³-hybridized carbons (Fsp3) is 0.412. The zero-order valence-electron chi connectivity index (χ0n) is 16.0. The molecule has 0 aliphatic carbocycles. The largest absolute Gasteiger partial charge is 0.389 e. The Bertz CT molecular complexity index is 1190. The van der Waals surface area contributed by atoms with Crippen molar-refractivity contribution in [3.8, 4) is 0 Å². The highest BCUT2D eigenvalue weighted by Gasteiger charge is 2.59. The molecule has 4 rings (SSSR count). The minimum Gasteiger partial charge on any atom is -0.349 e. The molecule has 2 saturated heterocycles. The number of fused-ring (bicyclic) bond motifs is 1. The van der Waals surface area contributed by atoms with Crippen LogP contribution in [-0.2, 0) is 24.3 Å². The number of aromatic amines is 1. The smallest absolute Gasteiger partial charge is 0.349 e. The number of hydrogen-bond donors (Lipinski definition) is 3. The van der Waals surface area contributed by atoms with Gasteiger partial charge in [-0.25, -0.2) is 4.79 Å². The molecule has 2 aliphatic rings. The van der Waals surface area contributed by atoms with E-state index in [-0.39, 0.29) is 29.8 Å². The molecule has 166 valence electrons. The lowest BCUT2D eigenvalue weighted by molar-refractivity contribution is -0.384. The summed E-state index contributed by atoms with van der Waals surface area (Å²) in [4.78, 5) is 56.2. The second kappa shape index (κ2) is 7.48. The molecular formula is C17H18N3O10P. The van der Waals surface area contributed by atoms with Gasteiger partial charge in [0.1, 0.15) is 12.3 Å². The molecule has 2 aliphatic heterocycles. The Morgan fingerprint density at radius 2 is 1.94 bits per heavy atom. The number of aromatic nitrogens is 2. The minimum absolute atomic E-state index is 0.0498. The molecule has 2 fully saturated rings. The Balaban J connectivity index is 1.66. The van der Waals surface area contributed by atoms with Gasteiger partial charge in [-0.05, 0) is 19.1 Å². The van der Waals surface area contributed by atoms with Gasteiger partial charge in [-0.2, -0.15) is 0 Å². The average Bonchev–Trinajstić information content (AvgIpc) is 3.12. The van der Waals surface area contributed by atoms with E-state index in [9.17, 15) is 34.1 Å². The van der Waals surface area contributed by atoms with E-state index in [1.54, 1.807) is 0 Å². The van der Waals surface area contributed by atoms with Crippen molar-refractivity contribution in [3.05, 3.63) is 72.5 Å². The number of hydrogen-bond acceptors (Lipinski definition) is 8. The maximum absolute atomic E-state index is 12.4. The van der Waals surface area contributed by atoms with Crippen molar-refractivity contribution in [1.29, 1.82) is 0 Å². The van der Waals surface area contributed by atoms with E-state index < -0.39 is 47.7 Å². The Labute approximate surface area is 173 Å². The predicted octanol–water partition coefficient (Wildman–Crippen LogP) is 0.444. The highest BCUT2D eigenvalue weighted by Crippen LogP contribution is 2.61. The summed E-state index contributed by atoms with van der Waals surface area (Å²) in [6.07, 6.45) is -1.07. The Hall–Kier alpha value is -2.67. The van der Waals surface area contributed by atoms with Crippen molar-refractivity contribution in [1.82, 2.24) is 9.55 Å². The second-order valence-electron chi connectivity index (χ2n) is 7.24. The van der Waals surface area contributed by atoms with Gasteiger partial charge in [0.15, 0.2) is 0 Å². The van der Waals surface area contributed by atoms with Crippen LogP contribution in [-0.4, -0.2) is 43.1 Å². The van der Waals surface area contributed by atoms with E-state index in [2.05, 4.69) is 4.98 Å². The zero-order valence-corrected chi connectivity index (χ0v) is 16.9. The van der Waals surface area contributed by atoms with Crippen molar-refractivity contribution in [2.75, 3.05) is 6.61 Å². The minimum atomic E-state index is -5.08. The van der Waals surface area contributed by atoms with Gasteiger partial charge >= 0.3 is 18.8 Å². The highest BCUT2D eigenvalue weighted by atomic mass is 31.2. The first-order valence-electron chi connectivity index (χ1n) is 9.12. The number of nitro groups is 1. The van der Waals surface area contributed by atoms with Crippen molar-refractivity contribution < 1.29 is 33.5 Å². The van der Waals surface area contributed by atoms with Gasteiger partial charge in [-0.15, -0.1) is 0 Å². The quantitative estimate of drug-likeness (QED) is 0.332. The lowest BCUT2D eigenvalue weighted by atomic mass is 10.1. The Morgan fingerprint density at radius 3 is 2.55 bits per heavy atom. The van der Waals surface area contributed by atoms with Gasteiger partial charge in [0, 0.05) is 35.9 Å². The van der Waals surface area contributed by atoms with Crippen LogP contribution in [0, 0.1) is 17.0 Å². The number of nitro benzene ring substituents is 1. The zero-order chi connectivity index (χ0) is 22.6. The van der Waals surface area contributed by atoms with Crippen LogP contribution in [0.4, 0.5) is 5.69 Å².